The zero-order valence-electron chi connectivity index (χ0n) is 14.0. The molecule has 1 aromatic carbocycles. The summed E-state index contributed by atoms with van der Waals surface area (Å²) in [6, 6.07) is 8.22. The van der Waals surface area contributed by atoms with Crippen molar-refractivity contribution in [3.05, 3.63) is 47.4 Å². The van der Waals surface area contributed by atoms with Gasteiger partial charge in [0, 0.05) is 18.2 Å². The standard InChI is InChI=1S/C18H21NO5/c1-4-11(3)23-13-8-6-12(7-9-13)19-17(20)16-10-14(18(21)22)15(5-2)24-16/h6-11H,4-5H2,1-3H3,(H,19,20)(H,21,22). The maximum Gasteiger partial charge on any atom is 0.339 e. The molecule has 2 aromatic rings. The lowest BCUT2D eigenvalue weighted by molar-refractivity contribution is 0.0694. The zero-order valence-corrected chi connectivity index (χ0v) is 14.0. The molecule has 0 saturated heterocycles. The van der Waals surface area contributed by atoms with E-state index in [0.29, 0.717) is 12.1 Å². The van der Waals surface area contributed by atoms with Gasteiger partial charge in [0.05, 0.1) is 6.10 Å². The SMILES string of the molecule is CCc1oc(C(=O)Nc2ccc(OC(C)CC)cc2)cc1C(=O)O. The molecule has 2 rings (SSSR count). The summed E-state index contributed by atoms with van der Waals surface area (Å²) in [6.07, 6.45) is 1.43. The van der Waals surface area contributed by atoms with Crippen LogP contribution >= 0.6 is 0 Å². The second kappa shape index (κ2) is 7.68. The lowest BCUT2D eigenvalue weighted by atomic mass is 10.2. The molecule has 6 heteroatoms. The number of aromatic carboxylic acids is 1. The highest BCUT2D eigenvalue weighted by Gasteiger charge is 2.20. The minimum Gasteiger partial charge on any atom is -0.491 e. The lowest BCUT2D eigenvalue weighted by Gasteiger charge is -2.12. The molecule has 1 heterocycles. The van der Waals surface area contributed by atoms with Crippen molar-refractivity contribution < 1.29 is 23.8 Å². The zero-order chi connectivity index (χ0) is 17.7. The molecule has 0 saturated carbocycles. The molecule has 24 heavy (non-hydrogen) atoms. The second-order valence-corrected chi connectivity index (χ2v) is 5.42. The van der Waals surface area contributed by atoms with Crippen LogP contribution in [-0.4, -0.2) is 23.1 Å². The molecule has 128 valence electrons. The fraction of sp³-hybridized carbons (Fsp3) is 0.333. The Balaban J connectivity index is 2.08. The van der Waals surface area contributed by atoms with E-state index in [1.807, 2.05) is 13.8 Å². The number of benzene rings is 1. The van der Waals surface area contributed by atoms with Gasteiger partial charge in [-0.2, -0.15) is 0 Å². The third-order valence-corrected chi connectivity index (χ3v) is 3.61. The van der Waals surface area contributed by atoms with Gasteiger partial charge in [-0.15, -0.1) is 0 Å². The Bertz CT molecular complexity index is 718. The summed E-state index contributed by atoms with van der Waals surface area (Å²) in [5.41, 5.74) is 0.586. The van der Waals surface area contributed by atoms with Gasteiger partial charge in [-0.3, -0.25) is 4.79 Å². The van der Waals surface area contributed by atoms with Crippen LogP contribution in [0.5, 0.6) is 5.75 Å². The van der Waals surface area contributed by atoms with Crippen LogP contribution in [0.25, 0.3) is 0 Å². The first-order valence-electron chi connectivity index (χ1n) is 7.88. The number of amides is 1. The molecule has 0 fully saturated rings. The van der Waals surface area contributed by atoms with Gasteiger partial charge in [0.15, 0.2) is 5.76 Å². The highest BCUT2D eigenvalue weighted by Crippen LogP contribution is 2.20. The number of carboxylic acid groups (broad SMARTS) is 1. The van der Waals surface area contributed by atoms with E-state index in [0.717, 1.165) is 12.2 Å². The van der Waals surface area contributed by atoms with Crippen LogP contribution in [0.15, 0.2) is 34.7 Å². The smallest absolute Gasteiger partial charge is 0.339 e. The minimum atomic E-state index is -1.11. The summed E-state index contributed by atoms with van der Waals surface area (Å²) in [5, 5.41) is 11.8. The largest absolute Gasteiger partial charge is 0.491 e. The normalized spacial score (nSPS) is 11.8. The summed E-state index contributed by atoms with van der Waals surface area (Å²) in [7, 11) is 0. The predicted molar refractivity (Wildman–Crippen MR) is 89.8 cm³/mol. The number of aryl methyl sites for hydroxylation is 1. The number of hydrogen-bond acceptors (Lipinski definition) is 4. The van der Waals surface area contributed by atoms with Crippen molar-refractivity contribution in [2.75, 3.05) is 5.32 Å². The molecule has 2 N–H and O–H groups in total. The van der Waals surface area contributed by atoms with E-state index in [4.69, 9.17) is 14.3 Å². The molecule has 1 aromatic heterocycles. The lowest BCUT2D eigenvalue weighted by Crippen LogP contribution is -2.12. The third kappa shape index (κ3) is 4.16. The van der Waals surface area contributed by atoms with Gasteiger partial charge in [-0.05, 0) is 37.6 Å². The van der Waals surface area contributed by atoms with E-state index in [9.17, 15) is 9.59 Å². The number of anilines is 1. The van der Waals surface area contributed by atoms with Crippen LogP contribution in [-0.2, 0) is 6.42 Å². The van der Waals surface area contributed by atoms with Crippen molar-refractivity contribution in [3.8, 4) is 5.75 Å². The first kappa shape index (κ1) is 17.6. The van der Waals surface area contributed by atoms with Crippen molar-refractivity contribution in [3.63, 3.8) is 0 Å². The van der Waals surface area contributed by atoms with Crippen LogP contribution in [0.3, 0.4) is 0 Å². The Morgan fingerprint density at radius 1 is 1.25 bits per heavy atom. The van der Waals surface area contributed by atoms with Gasteiger partial charge in [-0.25, -0.2) is 4.79 Å². The van der Waals surface area contributed by atoms with Crippen molar-refractivity contribution >= 4 is 17.6 Å². The quantitative estimate of drug-likeness (QED) is 0.801. The molecular weight excluding hydrogens is 310 g/mol. The fourth-order valence-corrected chi connectivity index (χ4v) is 2.11. The predicted octanol–water partition coefficient (Wildman–Crippen LogP) is 3.97. The van der Waals surface area contributed by atoms with E-state index in [1.54, 1.807) is 31.2 Å². The second-order valence-electron chi connectivity index (χ2n) is 5.42. The Morgan fingerprint density at radius 3 is 2.42 bits per heavy atom. The average molecular weight is 331 g/mol. The first-order valence-corrected chi connectivity index (χ1v) is 7.88. The van der Waals surface area contributed by atoms with E-state index in [-0.39, 0.29) is 23.2 Å². The van der Waals surface area contributed by atoms with E-state index in [1.165, 1.54) is 6.07 Å². The Hall–Kier alpha value is -2.76. The molecule has 0 spiro atoms. The molecule has 0 aliphatic carbocycles. The third-order valence-electron chi connectivity index (χ3n) is 3.61. The monoisotopic (exact) mass is 331 g/mol. The van der Waals surface area contributed by atoms with Crippen LogP contribution in [0, 0.1) is 0 Å². The Kier molecular flexibility index (Phi) is 5.63. The number of hydrogen-bond donors (Lipinski definition) is 2. The van der Waals surface area contributed by atoms with Gasteiger partial charge in [-0.1, -0.05) is 13.8 Å². The summed E-state index contributed by atoms with van der Waals surface area (Å²) < 4.78 is 11.0. The number of ether oxygens (including phenoxy) is 1. The molecule has 0 bridgehead atoms. The van der Waals surface area contributed by atoms with Gasteiger partial charge >= 0.3 is 5.97 Å². The van der Waals surface area contributed by atoms with E-state index >= 15 is 0 Å². The van der Waals surface area contributed by atoms with Gasteiger partial charge in [0.25, 0.3) is 5.91 Å². The highest BCUT2D eigenvalue weighted by molar-refractivity contribution is 6.04. The number of nitrogens with one attached hydrogen (secondary N) is 1. The first-order chi connectivity index (χ1) is 11.4. The molecular formula is C18H21NO5. The number of furan rings is 1. The molecule has 0 aliphatic rings. The summed E-state index contributed by atoms with van der Waals surface area (Å²) in [4.78, 5) is 23.3. The van der Waals surface area contributed by atoms with Gasteiger partial charge in [0.1, 0.15) is 17.1 Å². The summed E-state index contributed by atoms with van der Waals surface area (Å²) >= 11 is 0. The fourth-order valence-electron chi connectivity index (χ4n) is 2.11. The van der Waals surface area contributed by atoms with Crippen molar-refractivity contribution in [2.24, 2.45) is 0 Å². The maximum absolute atomic E-state index is 12.2. The topological polar surface area (TPSA) is 88.8 Å². The maximum atomic E-state index is 12.2. The average Bonchev–Trinajstić information content (AvgIpc) is 3.01. The minimum absolute atomic E-state index is 0.0138. The van der Waals surface area contributed by atoms with Crippen LogP contribution in [0.4, 0.5) is 5.69 Å². The molecule has 1 amide bonds. The van der Waals surface area contributed by atoms with Crippen molar-refractivity contribution in [1.82, 2.24) is 0 Å². The van der Waals surface area contributed by atoms with Crippen molar-refractivity contribution in [1.29, 1.82) is 0 Å². The molecule has 1 unspecified atom stereocenters. The molecule has 0 aliphatic heterocycles. The summed E-state index contributed by atoms with van der Waals surface area (Å²) in [5.74, 6) is -0.620. The summed E-state index contributed by atoms with van der Waals surface area (Å²) in [6.45, 7) is 5.79. The molecule has 0 radical (unpaired) electrons. The van der Waals surface area contributed by atoms with Crippen molar-refractivity contribution in [2.45, 2.75) is 39.7 Å². The Morgan fingerprint density at radius 2 is 1.92 bits per heavy atom. The van der Waals surface area contributed by atoms with E-state index < -0.39 is 11.9 Å². The van der Waals surface area contributed by atoms with Gasteiger partial charge in [0.2, 0.25) is 0 Å². The number of carbonyl (C=O) groups is 2. The number of rotatable bonds is 7. The van der Waals surface area contributed by atoms with E-state index in [2.05, 4.69) is 5.32 Å². The Labute approximate surface area is 140 Å². The van der Waals surface area contributed by atoms with Crippen LogP contribution in [0.1, 0.15) is 53.9 Å². The molecule has 6 nitrogen and oxygen atoms in total. The van der Waals surface area contributed by atoms with Crippen LogP contribution < -0.4 is 10.1 Å². The number of carboxylic acids is 1. The highest BCUT2D eigenvalue weighted by atomic mass is 16.5. The van der Waals surface area contributed by atoms with Crippen LogP contribution in [0.2, 0.25) is 0 Å². The number of carbonyl (C=O) groups excluding carboxylic acids is 1. The molecule has 1 atom stereocenters. The van der Waals surface area contributed by atoms with Gasteiger partial charge < -0.3 is 19.6 Å².